The molecule has 5 nitrogen and oxygen atoms in total. The molecule has 0 bridgehead atoms. The van der Waals surface area contributed by atoms with Gasteiger partial charge in [0.15, 0.2) is 0 Å². The van der Waals surface area contributed by atoms with Gasteiger partial charge in [-0.1, -0.05) is 24.3 Å². The van der Waals surface area contributed by atoms with Gasteiger partial charge in [-0.05, 0) is 65.0 Å². The number of methoxy groups -OCH3 is 3. The van der Waals surface area contributed by atoms with Crippen LogP contribution in [0.5, 0.6) is 5.75 Å². The number of benzene rings is 2. The van der Waals surface area contributed by atoms with E-state index in [0.717, 1.165) is 46.4 Å². The van der Waals surface area contributed by atoms with E-state index in [1.54, 1.807) is 19.3 Å². The Hall–Kier alpha value is -3.34. The minimum Gasteiger partial charge on any atom is -0.497 e. The maximum absolute atomic E-state index is 12.3. The largest absolute Gasteiger partial charge is 0.497 e. The fraction of sp³-hybridized carbons (Fsp3) is 0.217. The highest BCUT2D eigenvalue weighted by atomic mass is 16.5. The van der Waals surface area contributed by atoms with Crippen LogP contribution in [-0.4, -0.2) is 33.3 Å². The van der Waals surface area contributed by atoms with Gasteiger partial charge in [-0.15, -0.1) is 0 Å². The van der Waals surface area contributed by atoms with Crippen molar-refractivity contribution in [2.45, 2.75) is 12.8 Å². The molecule has 28 heavy (non-hydrogen) atoms. The molecule has 1 aliphatic rings. The van der Waals surface area contributed by atoms with E-state index in [0.29, 0.717) is 5.56 Å². The first kappa shape index (κ1) is 19.4. The number of hydrogen-bond acceptors (Lipinski definition) is 5. The molecule has 0 atom stereocenters. The molecule has 3 rings (SSSR count). The van der Waals surface area contributed by atoms with Crippen LogP contribution in [0.25, 0.3) is 11.1 Å². The van der Waals surface area contributed by atoms with Crippen molar-refractivity contribution in [3.8, 4) is 5.75 Å². The molecule has 0 unspecified atom stereocenters. The number of carbonyl (C=O) groups excluding carboxylic acids is 2. The van der Waals surface area contributed by atoms with Crippen LogP contribution in [0, 0.1) is 0 Å². The molecule has 0 saturated heterocycles. The van der Waals surface area contributed by atoms with Gasteiger partial charge >= 0.3 is 11.9 Å². The van der Waals surface area contributed by atoms with Gasteiger partial charge in [0.05, 0.1) is 26.9 Å². The summed E-state index contributed by atoms with van der Waals surface area (Å²) in [5.41, 5.74) is 5.30. The van der Waals surface area contributed by atoms with Crippen molar-refractivity contribution < 1.29 is 23.8 Å². The van der Waals surface area contributed by atoms with Gasteiger partial charge in [0, 0.05) is 6.08 Å². The molecule has 5 heteroatoms. The van der Waals surface area contributed by atoms with Gasteiger partial charge in [-0.3, -0.25) is 0 Å². The third-order valence-electron chi connectivity index (χ3n) is 4.82. The summed E-state index contributed by atoms with van der Waals surface area (Å²) in [5, 5.41) is 0. The number of esters is 2. The summed E-state index contributed by atoms with van der Waals surface area (Å²) < 4.78 is 15.0. The monoisotopic (exact) mass is 378 g/mol. The van der Waals surface area contributed by atoms with E-state index in [1.807, 2.05) is 36.4 Å². The van der Waals surface area contributed by atoms with Crippen LogP contribution in [0.2, 0.25) is 0 Å². The zero-order valence-corrected chi connectivity index (χ0v) is 16.2. The zero-order chi connectivity index (χ0) is 20.1. The molecule has 0 aliphatic heterocycles. The van der Waals surface area contributed by atoms with Gasteiger partial charge in [-0.2, -0.15) is 0 Å². The molecule has 144 valence electrons. The topological polar surface area (TPSA) is 61.8 Å². The Bertz CT molecular complexity index is 969. The van der Waals surface area contributed by atoms with Crippen LogP contribution >= 0.6 is 0 Å². The molecule has 0 amide bonds. The lowest BCUT2D eigenvalue weighted by Gasteiger charge is -2.24. The maximum atomic E-state index is 12.3. The molecule has 0 radical (unpaired) electrons. The van der Waals surface area contributed by atoms with Gasteiger partial charge < -0.3 is 14.2 Å². The van der Waals surface area contributed by atoms with Gasteiger partial charge in [-0.25, -0.2) is 9.59 Å². The van der Waals surface area contributed by atoms with E-state index < -0.39 is 5.97 Å². The first-order valence-electron chi connectivity index (χ1n) is 8.93. The first-order valence-corrected chi connectivity index (χ1v) is 8.93. The van der Waals surface area contributed by atoms with Crippen molar-refractivity contribution >= 4 is 23.1 Å². The van der Waals surface area contributed by atoms with Gasteiger partial charge in [0.25, 0.3) is 0 Å². The highest BCUT2D eigenvalue weighted by Gasteiger charge is 2.23. The molecule has 0 N–H and O–H groups in total. The molecule has 0 aromatic heterocycles. The quantitative estimate of drug-likeness (QED) is 0.580. The second kappa shape index (κ2) is 8.57. The minimum atomic E-state index is -0.436. The van der Waals surface area contributed by atoms with E-state index in [-0.39, 0.29) is 5.97 Å². The van der Waals surface area contributed by atoms with Crippen LogP contribution < -0.4 is 4.74 Å². The van der Waals surface area contributed by atoms with Crippen LogP contribution in [0.3, 0.4) is 0 Å². The molecule has 0 spiro atoms. The molecule has 0 saturated carbocycles. The van der Waals surface area contributed by atoms with Crippen molar-refractivity contribution in [1.29, 1.82) is 0 Å². The van der Waals surface area contributed by atoms with Crippen molar-refractivity contribution in [3.63, 3.8) is 0 Å². The third kappa shape index (κ3) is 3.83. The molecule has 2 aromatic rings. The summed E-state index contributed by atoms with van der Waals surface area (Å²) >= 11 is 0. The summed E-state index contributed by atoms with van der Waals surface area (Å²) in [6.45, 7) is 0. The van der Waals surface area contributed by atoms with Crippen molar-refractivity contribution in [2.24, 2.45) is 0 Å². The first-order chi connectivity index (χ1) is 13.6. The molecular weight excluding hydrogens is 356 g/mol. The van der Waals surface area contributed by atoms with E-state index in [9.17, 15) is 9.59 Å². The lowest BCUT2D eigenvalue weighted by atomic mass is 9.81. The summed E-state index contributed by atoms with van der Waals surface area (Å²) in [5.74, 6) is -0.0397. The molecule has 2 aromatic carbocycles. The number of ether oxygens (including phenoxy) is 3. The predicted molar refractivity (Wildman–Crippen MR) is 107 cm³/mol. The second-order valence-electron chi connectivity index (χ2n) is 6.31. The lowest BCUT2D eigenvalue weighted by molar-refractivity contribution is -0.134. The van der Waals surface area contributed by atoms with Gasteiger partial charge in [0.2, 0.25) is 0 Å². The van der Waals surface area contributed by atoms with Crippen LogP contribution in [0.4, 0.5) is 0 Å². The van der Waals surface area contributed by atoms with E-state index in [1.165, 1.54) is 20.3 Å². The minimum absolute atomic E-state index is 0.389. The summed E-state index contributed by atoms with van der Waals surface area (Å²) in [6, 6.07) is 13.2. The predicted octanol–water partition coefficient (Wildman–Crippen LogP) is 4.07. The van der Waals surface area contributed by atoms with Crippen LogP contribution in [0.1, 0.15) is 33.5 Å². The fourth-order valence-electron chi connectivity index (χ4n) is 3.45. The van der Waals surface area contributed by atoms with E-state index >= 15 is 0 Å². The Morgan fingerprint density at radius 2 is 1.71 bits per heavy atom. The lowest BCUT2D eigenvalue weighted by Crippen LogP contribution is -2.10. The van der Waals surface area contributed by atoms with Crippen LogP contribution in [0.15, 0.2) is 54.6 Å². The Kier molecular flexibility index (Phi) is 5.94. The summed E-state index contributed by atoms with van der Waals surface area (Å²) in [7, 11) is 4.35. The summed E-state index contributed by atoms with van der Waals surface area (Å²) in [6.07, 6.45) is 4.66. The fourth-order valence-corrected chi connectivity index (χ4v) is 3.45. The van der Waals surface area contributed by atoms with Crippen molar-refractivity contribution in [3.05, 3.63) is 76.9 Å². The summed E-state index contributed by atoms with van der Waals surface area (Å²) in [4.78, 5) is 24.0. The standard InChI is InChI=1S/C23H22O5/c1-26-16-9-11-17-15(14-16)8-10-20(19(17)12-13-22(24)27-2)18-6-4-5-7-21(18)23(25)28-3/h4-7,9,11-14H,8,10H2,1-3H3/b13-12+. The number of hydrogen-bond donors (Lipinski definition) is 0. The number of carbonyl (C=O) groups is 2. The SMILES string of the molecule is COC(=O)/C=C/C1=C(c2ccccc2C(=O)OC)CCc2cc(OC)ccc21. The third-order valence-corrected chi connectivity index (χ3v) is 4.82. The zero-order valence-electron chi connectivity index (χ0n) is 16.2. The number of fused-ring (bicyclic) bond motifs is 1. The second-order valence-corrected chi connectivity index (χ2v) is 6.31. The van der Waals surface area contributed by atoms with Crippen molar-refractivity contribution in [2.75, 3.05) is 21.3 Å². The maximum Gasteiger partial charge on any atom is 0.338 e. The van der Waals surface area contributed by atoms with E-state index in [2.05, 4.69) is 0 Å². The number of rotatable bonds is 5. The normalized spacial score (nSPS) is 13.2. The van der Waals surface area contributed by atoms with Gasteiger partial charge in [0.1, 0.15) is 5.75 Å². The highest BCUT2D eigenvalue weighted by molar-refractivity contribution is 6.05. The molecule has 0 heterocycles. The molecule has 1 aliphatic carbocycles. The van der Waals surface area contributed by atoms with Crippen molar-refractivity contribution in [1.82, 2.24) is 0 Å². The average molecular weight is 378 g/mol. The van der Waals surface area contributed by atoms with Crippen LogP contribution in [-0.2, 0) is 20.7 Å². The Balaban J connectivity index is 2.22. The molecule has 0 fully saturated rings. The highest BCUT2D eigenvalue weighted by Crippen LogP contribution is 2.40. The smallest absolute Gasteiger partial charge is 0.338 e. The Labute approximate surface area is 164 Å². The molecular formula is C23H22O5. The Morgan fingerprint density at radius 3 is 2.43 bits per heavy atom. The average Bonchev–Trinajstić information content (AvgIpc) is 2.75. The Morgan fingerprint density at radius 1 is 0.929 bits per heavy atom. The number of aryl methyl sites for hydroxylation is 1. The van der Waals surface area contributed by atoms with E-state index in [4.69, 9.17) is 14.2 Å². The number of allylic oxidation sites excluding steroid dienone is 3.